The van der Waals surface area contributed by atoms with Crippen LogP contribution in [0.15, 0.2) is 36.5 Å². The smallest absolute Gasteiger partial charge is 0.268 e. The van der Waals surface area contributed by atoms with Crippen LogP contribution in [-0.4, -0.2) is 26.6 Å². The standard InChI is InChI=1S/C20H22N4O2/c1-11-17(14(4)25)12(2)22-18(11)20(26)23-13(3)19-21-10-16(24-19)15-8-6-5-7-9-15/h5-10,13,22H,1-4H3,(H,21,24)(H,23,26)/t13-/m0/s1. The van der Waals surface area contributed by atoms with Crippen molar-refractivity contribution in [1.29, 1.82) is 0 Å². The summed E-state index contributed by atoms with van der Waals surface area (Å²) in [6.45, 7) is 6.94. The quantitative estimate of drug-likeness (QED) is 0.613. The average Bonchev–Trinajstić information content (AvgIpc) is 3.20. The van der Waals surface area contributed by atoms with Gasteiger partial charge in [0.1, 0.15) is 11.5 Å². The van der Waals surface area contributed by atoms with Gasteiger partial charge in [0.05, 0.1) is 17.9 Å². The van der Waals surface area contributed by atoms with Gasteiger partial charge >= 0.3 is 0 Å². The summed E-state index contributed by atoms with van der Waals surface area (Å²) in [5.74, 6) is 0.357. The Hall–Kier alpha value is -3.15. The zero-order valence-corrected chi connectivity index (χ0v) is 15.3. The fraction of sp³-hybridized carbons (Fsp3) is 0.250. The lowest BCUT2D eigenvalue weighted by atomic mass is 10.1. The molecule has 0 aliphatic rings. The number of carbonyl (C=O) groups is 2. The van der Waals surface area contributed by atoms with Gasteiger partial charge in [-0.05, 0) is 38.8 Å². The molecule has 2 aromatic heterocycles. The van der Waals surface area contributed by atoms with Gasteiger partial charge in [-0.1, -0.05) is 30.3 Å². The molecule has 0 saturated carbocycles. The second-order valence-electron chi connectivity index (χ2n) is 6.42. The highest BCUT2D eigenvalue weighted by Gasteiger charge is 2.22. The third kappa shape index (κ3) is 3.31. The van der Waals surface area contributed by atoms with Gasteiger partial charge in [0.15, 0.2) is 5.78 Å². The molecule has 134 valence electrons. The summed E-state index contributed by atoms with van der Waals surface area (Å²) in [5, 5.41) is 2.92. The first-order chi connectivity index (χ1) is 12.4. The predicted molar refractivity (Wildman–Crippen MR) is 100 cm³/mol. The van der Waals surface area contributed by atoms with Gasteiger partial charge in [0.2, 0.25) is 0 Å². The van der Waals surface area contributed by atoms with Crippen LogP contribution >= 0.6 is 0 Å². The maximum Gasteiger partial charge on any atom is 0.268 e. The van der Waals surface area contributed by atoms with E-state index in [1.807, 2.05) is 37.3 Å². The molecule has 0 aliphatic heterocycles. The zero-order chi connectivity index (χ0) is 18.8. The van der Waals surface area contributed by atoms with Crippen molar-refractivity contribution in [1.82, 2.24) is 20.3 Å². The number of amides is 1. The van der Waals surface area contributed by atoms with Crippen molar-refractivity contribution in [2.24, 2.45) is 0 Å². The van der Waals surface area contributed by atoms with Crippen molar-refractivity contribution in [2.45, 2.75) is 33.7 Å². The molecular formula is C20H22N4O2. The molecule has 3 aromatic rings. The van der Waals surface area contributed by atoms with Crippen molar-refractivity contribution in [3.05, 3.63) is 64.9 Å². The van der Waals surface area contributed by atoms with Crippen LogP contribution in [0.2, 0.25) is 0 Å². The normalized spacial score (nSPS) is 12.0. The number of hydrogen-bond acceptors (Lipinski definition) is 3. The van der Waals surface area contributed by atoms with Crippen molar-refractivity contribution < 1.29 is 9.59 Å². The Morgan fingerprint density at radius 1 is 1.12 bits per heavy atom. The molecule has 2 heterocycles. The monoisotopic (exact) mass is 350 g/mol. The third-order valence-electron chi connectivity index (χ3n) is 4.45. The first kappa shape index (κ1) is 17.7. The van der Waals surface area contributed by atoms with Gasteiger partial charge in [-0.2, -0.15) is 0 Å². The van der Waals surface area contributed by atoms with Gasteiger partial charge in [-0.15, -0.1) is 0 Å². The number of rotatable bonds is 5. The molecule has 3 rings (SSSR count). The number of aryl methyl sites for hydroxylation is 1. The first-order valence-corrected chi connectivity index (χ1v) is 8.49. The lowest BCUT2D eigenvalue weighted by Gasteiger charge is -2.11. The largest absolute Gasteiger partial charge is 0.354 e. The van der Waals surface area contributed by atoms with Gasteiger partial charge in [-0.25, -0.2) is 4.98 Å². The number of ketones is 1. The van der Waals surface area contributed by atoms with Crippen LogP contribution in [-0.2, 0) is 0 Å². The van der Waals surface area contributed by atoms with Crippen LogP contribution in [0.25, 0.3) is 11.3 Å². The highest BCUT2D eigenvalue weighted by molar-refractivity contribution is 6.02. The maximum absolute atomic E-state index is 12.6. The Morgan fingerprint density at radius 2 is 1.81 bits per heavy atom. The lowest BCUT2D eigenvalue weighted by molar-refractivity contribution is 0.0933. The predicted octanol–water partition coefficient (Wildman–Crippen LogP) is 3.72. The van der Waals surface area contributed by atoms with Crippen molar-refractivity contribution >= 4 is 11.7 Å². The van der Waals surface area contributed by atoms with Gasteiger partial charge < -0.3 is 15.3 Å². The molecule has 0 radical (unpaired) electrons. The number of nitrogens with one attached hydrogen (secondary N) is 3. The van der Waals surface area contributed by atoms with E-state index in [1.54, 1.807) is 20.0 Å². The summed E-state index contributed by atoms with van der Waals surface area (Å²) in [7, 11) is 0. The molecule has 0 saturated heterocycles. The number of aromatic amines is 2. The summed E-state index contributed by atoms with van der Waals surface area (Å²) >= 11 is 0. The zero-order valence-electron chi connectivity index (χ0n) is 15.3. The van der Waals surface area contributed by atoms with E-state index in [4.69, 9.17) is 0 Å². The first-order valence-electron chi connectivity index (χ1n) is 8.49. The molecule has 0 bridgehead atoms. The van der Waals surface area contributed by atoms with E-state index in [2.05, 4.69) is 20.3 Å². The Balaban J connectivity index is 1.77. The van der Waals surface area contributed by atoms with Crippen LogP contribution in [0.5, 0.6) is 0 Å². The minimum atomic E-state index is -0.302. The van der Waals surface area contributed by atoms with Gasteiger partial charge in [-0.3, -0.25) is 9.59 Å². The minimum Gasteiger partial charge on any atom is -0.354 e. The topological polar surface area (TPSA) is 90.6 Å². The molecule has 3 N–H and O–H groups in total. The molecule has 0 aliphatic carbocycles. The number of Topliss-reactive ketones (excluding diaryl/α,β-unsaturated/α-hetero) is 1. The Bertz CT molecular complexity index is 954. The maximum atomic E-state index is 12.6. The van der Waals surface area contributed by atoms with E-state index < -0.39 is 0 Å². The minimum absolute atomic E-state index is 0.0538. The lowest BCUT2D eigenvalue weighted by Crippen LogP contribution is -2.28. The highest BCUT2D eigenvalue weighted by Crippen LogP contribution is 2.21. The molecule has 0 unspecified atom stereocenters. The van der Waals surface area contributed by atoms with E-state index in [1.165, 1.54) is 6.92 Å². The number of carbonyl (C=O) groups excluding carboxylic acids is 2. The Labute approximate surface area is 152 Å². The summed E-state index contributed by atoms with van der Waals surface area (Å²) in [6, 6.07) is 9.57. The summed E-state index contributed by atoms with van der Waals surface area (Å²) in [4.78, 5) is 35.0. The van der Waals surface area contributed by atoms with Crippen LogP contribution in [0, 0.1) is 13.8 Å². The van der Waals surface area contributed by atoms with E-state index in [0.29, 0.717) is 28.3 Å². The molecule has 6 heteroatoms. The van der Waals surface area contributed by atoms with Crippen LogP contribution in [0.3, 0.4) is 0 Å². The van der Waals surface area contributed by atoms with Crippen molar-refractivity contribution in [3.63, 3.8) is 0 Å². The third-order valence-corrected chi connectivity index (χ3v) is 4.45. The van der Waals surface area contributed by atoms with Crippen LogP contribution in [0.1, 0.15) is 57.8 Å². The average molecular weight is 350 g/mol. The van der Waals surface area contributed by atoms with Crippen molar-refractivity contribution in [3.8, 4) is 11.3 Å². The van der Waals surface area contributed by atoms with Gasteiger partial charge in [0, 0.05) is 11.3 Å². The molecule has 1 aromatic carbocycles. The highest BCUT2D eigenvalue weighted by atomic mass is 16.2. The summed E-state index contributed by atoms with van der Waals surface area (Å²) in [5.41, 5.74) is 4.29. The number of imidazole rings is 1. The van der Waals surface area contributed by atoms with E-state index in [9.17, 15) is 9.59 Å². The molecule has 26 heavy (non-hydrogen) atoms. The van der Waals surface area contributed by atoms with E-state index >= 15 is 0 Å². The number of benzene rings is 1. The van der Waals surface area contributed by atoms with Crippen LogP contribution < -0.4 is 5.32 Å². The number of H-pyrrole nitrogens is 2. The van der Waals surface area contributed by atoms with Crippen molar-refractivity contribution in [2.75, 3.05) is 0 Å². The molecule has 0 fully saturated rings. The molecule has 1 amide bonds. The fourth-order valence-corrected chi connectivity index (χ4v) is 3.16. The second kappa shape index (κ2) is 7.00. The Kier molecular flexibility index (Phi) is 4.75. The van der Waals surface area contributed by atoms with Crippen LogP contribution in [0.4, 0.5) is 0 Å². The fourth-order valence-electron chi connectivity index (χ4n) is 3.16. The molecule has 0 spiro atoms. The van der Waals surface area contributed by atoms with Gasteiger partial charge in [0.25, 0.3) is 5.91 Å². The molecule has 1 atom stereocenters. The summed E-state index contributed by atoms with van der Waals surface area (Å²) < 4.78 is 0. The van der Waals surface area contributed by atoms with E-state index in [-0.39, 0.29) is 17.7 Å². The SMILES string of the molecule is CC(=O)c1c(C)[nH]c(C(=O)N[C@@H](C)c2ncc(-c3ccccc3)[nH]2)c1C. The summed E-state index contributed by atoms with van der Waals surface area (Å²) in [6.07, 6.45) is 1.76. The van der Waals surface area contributed by atoms with E-state index in [0.717, 1.165) is 11.3 Å². The number of nitrogens with zero attached hydrogens (tertiary/aromatic N) is 1. The number of aromatic nitrogens is 3. The Morgan fingerprint density at radius 3 is 2.42 bits per heavy atom. The molecule has 6 nitrogen and oxygen atoms in total. The second-order valence-corrected chi connectivity index (χ2v) is 6.42. The molecular weight excluding hydrogens is 328 g/mol. The number of hydrogen-bond donors (Lipinski definition) is 3.